The molecular weight excluding hydrogens is 348 g/mol. The van der Waals surface area contributed by atoms with Crippen LogP contribution in [0.2, 0.25) is 0 Å². The van der Waals surface area contributed by atoms with Gasteiger partial charge in [-0.05, 0) is 48.6 Å². The van der Waals surface area contributed by atoms with Gasteiger partial charge in [0.1, 0.15) is 5.75 Å². The van der Waals surface area contributed by atoms with E-state index in [0.29, 0.717) is 19.4 Å². The summed E-state index contributed by atoms with van der Waals surface area (Å²) in [5.41, 5.74) is 9.47. The van der Waals surface area contributed by atoms with Crippen LogP contribution < -0.4 is 10.5 Å². The van der Waals surface area contributed by atoms with E-state index < -0.39 is 0 Å². The van der Waals surface area contributed by atoms with Crippen molar-refractivity contribution in [2.24, 2.45) is 5.73 Å². The molecule has 0 saturated heterocycles. The summed E-state index contributed by atoms with van der Waals surface area (Å²) in [4.78, 5) is 14.9. The molecule has 4 nitrogen and oxygen atoms in total. The summed E-state index contributed by atoms with van der Waals surface area (Å²) in [5, 5.41) is 0. The number of rotatable bonds is 5. The lowest BCUT2D eigenvalue weighted by atomic mass is 9.89. The van der Waals surface area contributed by atoms with E-state index in [2.05, 4.69) is 18.2 Å². The molecule has 0 saturated carbocycles. The van der Waals surface area contributed by atoms with Crippen molar-refractivity contribution in [2.75, 3.05) is 7.11 Å². The molecule has 2 unspecified atom stereocenters. The minimum atomic E-state index is 0. The molecule has 2 aromatic rings. The number of benzene rings is 2. The maximum atomic E-state index is 12.9. The minimum Gasteiger partial charge on any atom is -0.497 e. The standard InChI is InChI=1S/C21H26N2O2.ClH/c1-15(22)8-11-21(24)23-14-18-12-19(25-2)10-9-17(18)13-20(23)16-6-4-3-5-7-16;/h3-7,9-10,12,15,20H,8,11,13-14,22H2,1-2H3;1H. The molecule has 1 aliphatic heterocycles. The number of hydrogen-bond donors (Lipinski definition) is 1. The third-order valence-corrected chi connectivity index (χ3v) is 4.86. The van der Waals surface area contributed by atoms with Crippen LogP contribution in [0.4, 0.5) is 0 Å². The van der Waals surface area contributed by atoms with Gasteiger partial charge in [0.2, 0.25) is 5.91 Å². The Morgan fingerprint density at radius 1 is 1.23 bits per heavy atom. The fraction of sp³-hybridized carbons (Fsp3) is 0.381. The van der Waals surface area contributed by atoms with Gasteiger partial charge in [0.25, 0.3) is 0 Å². The van der Waals surface area contributed by atoms with Crippen molar-refractivity contribution >= 4 is 18.3 Å². The highest BCUT2D eigenvalue weighted by Crippen LogP contribution is 2.35. The first kappa shape index (κ1) is 20.3. The maximum Gasteiger partial charge on any atom is 0.223 e. The molecule has 0 bridgehead atoms. The first-order chi connectivity index (χ1) is 12.1. The van der Waals surface area contributed by atoms with Crippen LogP contribution in [0.15, 0.2) is 48.5 Å². The highest BCUT2D eigenvalue weighted by Gasteiger charge is 2.30. The van der Waals surface area contributed by atoms with Crippen molar-refractivity contribution in [3.05, 3.63) is 65.2 Å². The molecule has 2 aromatic carbocycles. The van der Waals surface area contributed by atoms with E-state index in [0.717, 1.165) is 12.2 Å². The van der Waals surface area contributed by atoms with Gasteiger partial charge in [0.05, 0.1) is 13.2 Å². The van der Waals surface area contributed by atoms with E-state index in [1.165, 1.54) is 16.7 Å². The van der Waals surface area contributed by atoms with Crippen molar-refractivity contribution in [3.63, 3.8) is 0 Å². The van der Waals surface area contributed by atoms with E-state index >= 15 is 0 Å². The molecule has 1 amide bonds. The van der Waals surface area contributed by atoms with Crippen LogP contribution in [-0.4, -0.2) is 24.0 Å². The number of methoxy groups -OCH3 is 1. The summed E-state index contributed by atoms with van der Waals surface area (Å²) in [7, 11) is 1.67. The third-order valence-electron chi connectivity index (χ3n) is 4.86. The second kappa shape index (κ2) is 9.06. The van der Waals surface area contributed by atoms with Crippen molar-refractivity contribution in [1.29, 1.82) is 0 Å². The molecule has 0 aliphatic carbocycles. The highest BCUT2D eigenvalue weighted by molar-refractivity contribution is 5.85. The molecule has 3 rings (SSSR count). The fourth-order valence-electron chi connectivity index (χ4n) is 3.42. The van der Waals surface area contributed by atoms with Gasteiger partial charge in [-0.15, -0.1) is 12.4 Å². The maximum absolute atomic E-state index is 12.9. The van der Waals surface area contributed by atoms with Gasteiger partial charge < -0.3 is 15.4 Å². The van der Waals surface area contributed by atoms with E-state index in [4.69, 9.17) is 10.5 Å². The van der Waals surface area contributed by atoms with Gasteiger partial charge in [-0.2, -0.15) is 0 Å². The Morgan fingerprint density at radius 3 is 2.62 bits per heavy atom. The second-order valence-electron chi connectivity index (χ2n) is 6.80. The highest BCUT2D eigenvalue weighted by atomic mass is 35.5. The van der Waals surface area contributed by atoms with E-state index in [-0.39, 0.29) is 30.4 Å². The van der Waals surface area contributed by atoms with Crippen LogP contribution >= 0.6 is 12.4 Å². The summed E-state index contributed by atoms with van der Waals surface area (Å²) < 4.78 is 5.35. The average Bonchev–Trinajstić information content (AvgIpc) is 2.65. The summed E-state index contributed by atoms with van der Waals surface area (Å²) >= 11 is 0. The van der Waals surface area contributed by atoms with Crippen molar-refractivity contribution in [2.45, 2.75) is 44.8 Å². The molecule has 0 radical (unpaired) electrons. The van der Waals surface area contributed by atoms with Crippen LogP contribution in [0.3, 0.4) is 0 Å². The van der Waals surface area contributed by atoms with E-state index in [9.17, 15) is 4.79 Å². The molecule has 1 aliphatic rings. The molecule has 2 N–H and O–H groups in total. The van der Waals surface area contributed by atoms with Gasteiger partial charge in [0, 0.05) is 19.0 Å². The van der Waals surface area contributed by atoms with E-state index in [1.54, 1.807) is 7.11 Å². The average molecular weight is 375 g/mol. The summed E-state index contributed by atoms with van der Waals surface area (Å²) in [6.07, 6.45) is 2.02. The van der Waals surface area contributed by atoms with Crippen LogP contribution in [0.25, 0.3) is 0 Å². The van der Waals surface area contributed by atoms with Gasteiger partial charge in [0.15, 0.2) is 0 Å². The number of fused-ring (bicyclic) bond motifs is 1. The quantitative estimate of drug-likeness (QED) is 0.864. The van der Waals surface area contributed by atoms with Gasteiger partial charge in [-0.3, -0.25) is 4.79 Å². The lowest BCUT2D eigenvalue weighted by molar-refractivity contribution is -0.135. The topological polar surface area (TPSA) is 55.6 Å². The zero-order valence-corrected chi connectivity index (χ0v) is 16.2. The molecule has 140 valence electrons. The molecule has 0 aromatic heterocycles. The SMILES string of the molecule is COc1ccc2c(c1)CN(C(=O)CCC(C)N)C(c1ccccc1)C2.Cl. The number of amides is 1. The van der Waals surface area contributed by atoms with Crippen molar-refractivity contribution in [1.82, 2.24) is 4.90 Å². The smallest absolute Gasteiger partial charge is 0.223 e. The molecule has 0 spiro atoms. The predicted molar refractivity (Wildman–Crippen MR) is 107 cm³/mol. The van der Waals surface area contributed by atoms with Crippen molar-refractivity contribution < 1.29 is 9.53 Å². The number of halogens is 1. The molecule has 1 heterocycles. The number of carbonyl (C=O) groups is 1. The Bertz CT molecular complexity index is 734. The zero-order chi connectivity index (χ0) is 17.8. The summed E-state index contributed by atoms with van der Waals surface area (Å²) in [6, 6.07) is 16.5. The monoisotopic (exact) mass is 374 g/mol. The summed E-state index contributed by atoms with van der Waals surface area (Å²) in [6.45, 7) is 2.56. The Morgan fingerprint density at radius 2 is 1.96 bits per heavy atom. The normalized spacial score (nSPS) is 17.0. The predicted octanol–water partition coefficient (Wildman–Crippen LogP) is 3.87. The zero-order valence-electron chi connectivity index (χ0n) is 15.4. The third kappa shape index (κ3) is 4.57. The minimum absolute atomic E-state index is 0. The molecular formula is C21H27ClN2O2. The Hall–Kier alpha value is -2.04. The summed E-state index contributed by atoms with van der Waals surface area (Å²) in [5.74, 6) is 1.000. The second-order valence-corrected chi connectivity index (χ2v) is 6.80. The van der Waals surface area contributed by atoms with Crippen LogP contribution in [0.1, 0.15) is 42.5 Å². The lowest BCUT2D eigenvalue weighted by Crippen LogP contribution is -2.39. The van der Waals surface area contributed by atoms with Gasteiger partial charge in [-0.25, -0.2) is 0 Å². The molecule has 26 heavy (non-hydrogen) atoms. The lowest BCUT2D eigenvalue weighted by Gasteiger charge is -2.37. The van der Waals surface area contributed by atoms with Crippen LogP contribution in [0, 0.1) is 0 Å². The van der Waals surface area contributed by atoms with Gasteiger partial charge in [-0.1, -0.05) is 36.4 Å². The number of nitrogens with zero attached hydrogens (tertiary/aromatic N) is 1. The van der Waals surface area contributed by atoms with Gasteiger partial charge >= 0.3 is 0 Å². The molecule has 5 heteroatoms. The van der Waals surface area contributed by atoms with Crippen molar-refractivity contribution in [3.8, 4) is 5.75 Å². The molecule has 2 atom stereocenters. The number of nitrogens with two attached hydrogens (primary N) is 1. The van der Waals surface area contributed by atoms with Crippen LogP contribution in [0.5, 0.6) is 5.75 Å². The fourth-order valence-corrected chi connectivity index (χ4v) is 3.42. The molecule has 0 fully saturated rings. The van der Waals surface area contributed by atoms with Crippen LogP contribution in [-0.2, 0) is 17.8 Å². The number of carbonyl (C=O) groups excluding carboxylic acids is 1. The first-order valence-corrected chi connectivity index (χ1v) is 8.84. The number of hydrogen-bond acceptors (Lipinski definition) is 3. The largest absolute Gasteiger partial charge is 0.497 e. The number of ether oxygens (including phenoxy) is 1. The Labute approximate surface area is 161 Å². The Balaban J connectivity index is 0.00000243. The van der Waals surface area contributed by atoms with E-state index in [1.807, 2.05) is 42.2 Å². The first-order valence-electron chi connectivity index (χ1n) is 8.84. The Kier molecular flexibility index (Phi) is 7.06.